The minimum atomic E-state index is -1.04. The number of methoxy groups -OCH3 is 1. The molecule has 4 aromatic rings. The number of esters is 1. The number of rotatable bonds is 9. The third kappa shape index (κ3) is 9.10. The zero-order chi connectivity index (χ0) is 44.6. The fourth-order valence-electron chi connectivity index (χ4n) is 9.18. The summed E-state index contributed by atoms with van der Waals surface area (Å²) in [6.07, 6.45) is 3.30. The van der Waals surface area contributed by atoms with Gasteiger partial charge in [0.15, 0.2) is 0 Å². The molecule has 6 bridgehead atoms. The summed E-state index contributed by atoms with van der Waals surface area (Å²) in [6, 6.07) is 7.61. The molecule has 4 amide bonds. The van der Waals surface area contributed by atoms with Crippen molar-refractivity contribution in [2.75, 3.05) is 54.5 Å². The second-order valence-electron chi connectivity index (χ2n) is 18.3. The van der Waals surface area contributed by atoms with Crippen molar-refractivity contribution < 1.29 is 28.7 Å². The number of cyclic esters (lactones) is 1. The van der Waals surface area contributed by atoms with Crippen LogP contribution in [0.5, 0.6) is 0 Å². The largest absolute Gasteiger partial charge is 0.464 e. The SMILES string of the molecule is CCn1c(-c2cccnc2[C@H](C)OC)c2c3cc(ccc31)-c1csc(n1)C[C@H](NC(=O)[C@H](C(C)C)N(C)C(=O)N(C)C1CN(C)C1)C(=O)N1CCC[C@H](N1)C(=O)OCC(C)(C)C2. The first-order valence-corrected chi connectivity index (χ1v) is 22.7. The number of carbonyl (C=O) groups is 4. The van der Waals surface area contributed by atoms with Crippen LogP contribution in [0.4, 0.5) is 4.79 Å². The molecule has 15 nitrogen and oxygen atoms in total. The third-order valence-corrected chi connectivity index (χ3v) is 13.5. The summed E-state index contributed by atoms with van der Waals surface area (Å²) in [5.74, 6) is -1.52. The molecule has 3 aromatic heterocycles. The highest BCUT2D eigenvalue weighted by atomic mass is 32.1. The van der Waals surface area contributed by atoms with Crippen LogP contribution in [0.3, 0.4) is 0 Å². The average molecular weight is 870 g/mol. The molecule has 2 fully saturated rings. The first-order chi connectivity index (χ1) is 29.5. The van der Waals surface area contributed by atoms with Gasteiger partial charge in [-0.2, -0.15) is 0 Å². The van der Waals surface area contributed by atoms with Crippen molar-refractivity contribution in [1.29, 1.82) is 0 Å². The number of benzene rings is 1. The molecule has 0 aliphatic carbocycles. The van der Waals surface area contributed by atoms with Gasteiger partial charge in [-0.25, -0.2) is 15.2 Å². The quantitative estimate of drug-likeness (QED) is 0.206. The van der Waals surface area contributed by atoms with Crippen LogP contribution in [0.1, 0.15) is 76.8 Å². The highest BCUT2D eigenvalue weighted by Gasteiger charge is 2.40. The molecular formula is C46H63N9O6S. The maximum Gasteiger partial charge on any atom is 0.324 e. The van der Waals surface area contributed by atoms with Gasteiger partial charge in [-0.15, -0.1) is 11.3 Å². The zero-order valence-electron chi connectivity index (χ0n) is 37.9. The number of amides is 4. The highest BCUT2D eigenvalue weighted by molar-refractivity contribution is 7.10. The van der Waals surface area contributed by atoms with Crippen molar-refractivity contribution in [2.24, 2.45) is 11.3 Å². The van der Waals surface area contributed by atoms with E-state index in [1.807, 2.05) is 39.3 Å². The second kappa shape index (κ2) is 18.4. The number of likely N-dealkylation sites (N-methyl/N-ethyl adjacent to an activating group) is 3. The van der Waals surface area contributed by atoms with E-state index in [0.717, 1.165) is 57.8 Å². The lowest BCUT2D eigenvalue weighted by molar-refractivity contribution is -0.155. The Morgan fingerprint density at radius 2 is 1.90 bits per heavy atom. The van der Waals surface area contributed by atoms with Crippen molar-refractivity contribution in [3.8, 4) is 22.5 Å². The molecule has 0 radical (unpaired) electrons. The molecule has 3 aliphatic heterocycles. The topological polar surface area (TPSA) is 154 Å². The van der Waals surface area contributed by atoms with E-state index in [2.05, 4.69) is 65.2 Å². The molecule has 7 rings (SSSR count). The number of fused-ring (bicyclic) bond motifs is 6. The van der Waals surface area contributed by atoms with Crippen LogP contribution >= 0.6 is 11.3 Å². The summed E-state index contributed by atoms with van der Waals surface area (Å²) in [5, 5.41) is 8.20. The van der Waals surface area contributed by atoms with Crippen molar-refractivity contribution in [1.82, 2.24) is 45.0 Å². The molecule has 16 heteroatoms. The Kier molecular flexibility index (Phi) is 13.4. The number of hydrazine groups is 1. The minimum absolute atomic E-state index is 0.0591. The number of likely N-dealkylation sites (tertiary alicyclic amines) is 1. The van der Waals surface area contributed by atoms with Crippen molar-refractivity contribution in [3.63, 3.8) is 0 Å². The Morgan fingerprint density at radius 1 is 1.15 bits per heavy atom. The lowest BCUT2D eigenvalue weighted by Crippen LogP contribution is -2.64. The third-order valence-electron chi connectivity index (χ3n) is 12.7. The number of ether oxygens (including phenoxy) is 2. The van der Waals surface area contributed by atoms with Crippen LogP contribution in [0.2, 0.25) is 0 Å². The van der Waals surface area contributed by atoms with Gasteiger partial charge in [-0.1, -0.05) is 33.8 Å². The van der Waals surface area contributed by atoms with Gasteiger partial charge in [0.1, 0.15) is 18.1 Å². The molecule has 4 atom stereocenters. The summed E-state index contributed by atoms with van der Waals surface area (Å²) in [6.45, 7) is 14.9. The molecular weight excluding hydrogens is 807 g/mol. The summed E-state index contributed by atoms with van der Waals surface area (Å²) >= 11 is 1.43. The molecule has 0 spiro atoms. The van der Waals surface area contributed by atoms with Crippen molar-refractivity contribution in [2.45, 2.75) is 104 Å². The van der Waals surface area contributed by atoms with Crippen LogP contribution < -0.4 is 10.7 Å². The molecule has 2 N–H and O–H groups in total. The van der Waals surface area contributed by atoms with E-state index in [9.17, 15) is 19.2 Å². The van der Waals surface area contributed by atoms with Crippen LogP contribution in [-0.4, -0.2) is 137 Å². The number of aromatic nitrogens is 3. The Balaban J connectivity index is 1.28. The van der Waals surface area contributed by atoms with Gasteiger partial charge in [-0.3, -0.25) is 24.4 Å². The smallest absolute Gasteiger partial charge is 0.324 e. The van der Waals surface area contributed by atoms with E-state index in [1.54, 1.807) is 32.3 Å². The summed E-state index contributed by atoms with van der Waals surface area (Å²) in [4.78, 5) is 71.6. The fraction of sp³-hybridized carbons (Fsp3) is 0.565. The fourth-order valence-corrected chi connectivity index (χ4v) is 10.0. The van der Waals surface area contributed by atoms with Crippen LogP contribution in [-0.2, 0) is 43.2 Å². The highest BCUT2D eigenvalue weighted by Crippen LogP contribution is 2.42. The molecule has 6 heterocycles. The maximum atomic E-state index is 14.6. The summed E-state index contributed by atoms with van der Waals surface area (Å²) in [5.41, 5.74) is 9.39. The van der Waals surface area contributed by atoms with Gasteiger partial charge in [0.05, 0.1) is 40.8 Å². The predicted octanol–water partition coefficient (Wildman–Crippen LogP) is 5.52. The van der Waals surface area contributed by atoms with E-state index >= 15 is 0 Å². The van der Waals surface area contributed by atoms with E-state index in [0.29, 0.717) is 37.4 Å². The normalized spacial score (nSPS) is 20.9. The van der Waals surface area contributed by atoms with Crippen LogP contribution in [0.15, 0.2) is 41.9 Å². The van der Waals surface area contributed by atoms with Gasteiger partial charge in [0.25, 0.3) is 5.91 Å². The molecule has 0 unspecified atom stereocenters. The van der Waals surface area contributed by atoms with Gasteiger partial charge in [0, 0.05) is 92.8 Å². The number of carbonyl (C=O) groups excluding carboxylic acids is 4. The molecule has 334 valence electrons. The molecule has 1 aromatic carbocycles. The number of hydrogen-bond acceptors (Lipinski definition) is 11. The minimum Gasteiger partial charge on any atom is -0.464 e. The summed E-state index contributed by atoms with van der Waals surface area (Å²) in [7, 11) is 7.10. The Morgan fingerprint density at radius 3 is 2.60 bits per heavy atom. The maximum absolute atomic E-state index is 14.6. The van der Waals surface area contributed by atoms with Crippen LogP contribution in [0, 0.1) is 11.3 Å². The van der Waals surface area contributed by atoms with Crippen molar-refractivity contribution in [3.05, 3.63) is 58.2 Å². The molecule has 3 aliphatic rings. The van der Waals surface area contributed by atoms with Gasteiger partial charge in [-0.05, 0) is 75.9 Å². The monoisotopic (exact) mass is 869 g/mol. The van der Waals surface area contributed by atoms with Gasteiger partial charge in [0.2, 0.25) is 5.91 Å². The first-order valence-electron chi connectivity index (χ1n) is 21.8. The molecule has 62 heavy (non-hydrogen) atoms. The van der Waals surface area contributed by atoms with E-state index in [4.69, 9.17) is 19.4 Å². The van der Waals surface area contributed by atoms with Crippen LogP contribution in [0.25, 0.3) is 33.4 Å². The number of hydrogen-bond donors (Lipinski definition) is 2. The van der Waals surface area contributed by atoms with Crippen molar-refractivity contribution >= 4 is 46.1 Å². The Bertz CT molecular complexity index is 2300. The second-order valence-corrected chi connectivity index (χ2v) is 19.3. The number of nitrogens with one attached hydrogen (secondary N) is 2. The van der Waals surface area contributed by atoms with Gasteiger partial charge >= 0.3 is 12.0 Å². The van der Waals surface area contributed by atoms with E-state index < -0.39 is 41.3 Å². The standard InChI is InChI=1S/C46H63N9O6S/c1-11-54-37-17-16-29-20-32(37)33(41(54)31-14-12-18-47-39(31)28(4)60-10)22-46(5,6)26-61-44(58)34-15-13-19-55(50-34)43(57)35(21-38-48-36(29)25-62-38)49-42(56)40(27(2)3)53(9)45(59)52(8)30-23-51(7)24-30/h12,14,16-18,20,25,27-28,30,34-35,40,50H,11,13,15,19,21-24,26H2,1-10H3,(H,49,56)/t28-,34-,35-,40-/m0/s1. The predicted molar refractivity (Wildman–Crippen MR) is 240 cm³/mol. The average Bonchev–Trinajstić information content (AvgIpc) is 3.84. The Labute approximate surface area is 369 Å². The lowest BCUT2D eigenvalue weighted by Gasteiger charge is -2.44. The molecule has 2 saturated heterocycles. The number of aryl methyl sites for hydroxylation is 1. The number of thiazole rings is 1. The van der Waals surface area contributed by atoms with Gasteiger partial charge < -0.3 is 34.1 Å². The summed E-state index contributed by atoms with van der Waals surface area (Å²) < 4.78 is 14.2. The van der Waals surface area contributed by atoms with E-state index in [1.165, 1.54) is 21.2 Å². The number of pyridine rings is 1. The number of urea groups is 1. The lowest BCUT2D eigenvalue weighted by atomic mass is 9.84. The molecule has 0 saturated carbocycles. The number of nitrogens with zero attached hydrogens (tertiary/aromatic N) is 7. The first kappa shape index (κ1) is 45.1. The van der Waals surface area contributed by atoms with E-state index in [-0.39, 0.29) is 37.1 Å². The zero-order valence-corrected chi connectivity index (χ0v) is 38.7. The Hall–Kier alpha value is -4.90.